The number of fused-ring (bicyclic) bond motifs is 1. The molecular weight excluding hydrogens is 181 g/mol. The van der Waals surface area contributed by atoms with Crippen LogP contribution in [0.3, 0.4) is 0 Å². The summed E-state index contributed by atoms with van der Waals surface area (Å²) >= 11 is 0. The Morgan fingerprint density at radius 3 is 2.77 bits per heavy atom. The molecule has 1 N–H and O–H groups in total. The van der Waals surface area contributed by atoms with Gasteiger partial charge in [0.25, 0.3) is 6.43 Å². The topological polar surface area (TPSA) is 28.7 Å². The summed E-state index contributed by atoms with van der Waals surface area (Å²) in [5, 5.41) is 0. The van der Waals surface area contributed by atoms with Crippen LogP contribution in [0.2, 0.25) is 0 Å². The van der Waals surface area contributed by atoms with Gasteiger partial charge in [-0.15, -0.1) is 0 Å². The van der Waals surface area contributed by atoms with Crippen LogP contribution < -0.4 is 0 Å². The van der Waals surface area contributed by atoms with E-state index in [2.05, 4.69) is 9.97 Å². The minimum atomic E-state index is -2.63. The number of hydrogen-bond donors (Lipinski definition) is 1. The number of alkyl halides is 2. The summed E-state index contributed by atoms with van der Waals surface area (Å²) in [7, 11) is 0. The summed E-state index contributed by atoms with van der Waals surface area (Å²) in [5.41, 5.74) is -0.231. The predicted octanol–water partition coefficient (Wildman–Crippen LogP) is 2.64. The van der Waals surface area contributed by atoms with Gasteiger partial charge < -0.3 is 4.98 Å². The monoisotopic (exact) mass is 186 g/mol. The Kier molecular flexibility index (Phi) is 1.72. The van der Waals surface area contributed by atoms with Crippen molar-refractivity contribution in [2.24, 2.45) is 0 Å². The predicted molar refractivity (Wildman–Crippen MR) is 41.0 cm³/mol. The number of aromatic nitrogens is 2. The molecule has 0 unspecified atom stereocenters. The average molecular weight is 186 g/mol. The molecule has 1 aromatic heterocycles. The lowest BCUT2D eigenvalue weighted by molar-refractivity contribution is 0.153. The lowest BCUT2D eigenvalue weighted by Gasteiger charge is -2.00. The van der Waals surface area contributed by atoms with Crippen molar-refractivity contribution >= 4 is 11.0 Å². The Bertz CT molecular complexity index is 436. The number of benzene rings is 1. The Hall–Kier alpha value is -1.52. The van der Waals surface area contributed by atoms with Crippen molar-refractivity contribution < 1.29 is 13.2 Å². The van der Waals surface area contributed by atoms with Crippen LogP contribution >= 0.6 is 0 Å². The van der Waals surface area contributed by atoms with Crippen LogP contribution in [-0.4, -0.2) is 9.97 Å². The van der Waals surface area contributed by atoms with Crippen LogP contribution in [0, 0.1) is 5.82 Å². The number of H-pyrrole nitrogens is 1. The molecule has 2 nitrogen and oxygen atoms in total. The number of nitrogens with one attached hydrogen (secondary N) is 1. The summed E-state index contributed by atoms with van der Waals surface area (Å²) in [6.07, 6.45) is -1.44. The highest BCUT2D eigenvalue weighted by molar-refractivity contribution is 5.79. The Balaban J connectivity index is 2.78. The van der Waals surface area contributed by atoms with Gasteiger partial charge in [-0.25, -0.2) is 18.2 Å². The first-order chi connectivity index (χ1) is 6.20. The fraction of sp³-hybridized carbons (Fsp3) is 0.125. The molecule has 0 atom stereocenters. The van der Waals surface area contributed by atoms with Crippen molar-refractivity contribution in [3.8, 4) is 0 Å². The van der Waals surface area contributed by atoms with Gasteiger partial charge in [0.1, 0.15) is 16.9 Å². The summed E-state index contributed by atoms with van der Waals surface area (Å²) in [4.78, 5) is 6.09. The summed E-state index contributed by atoms with van der Waals surface area (Å²) in [6.45, 7) is 0. The molecule has 0 aliphatic carbocycles. The Labute approximate surface area is 71.4 Å². The maximum Gasteiger partial charge on any atom is 0.266 e. The van der Waals surface area contributed by atoms with E-state index < -0.39 is 12.2 Å². The van der Waals surface area contributed by atoms with E-state index >= 15 is 0 Å². The Morgan fingerprint density at radius 1 is 1.31 bits per heavy atom. The molecule has 0 saturated carbocycles. The molecule has 1 heterocycles. The van der Waals surface area contributed by atoms with Crippen LogP contribution in [0.25, 0.3) is 11.0 Å². The molecule has 13 heavy (non-hydrogen) atoms. The molecule has 5 heteroatoms. The van der Waals surface area contributed by atoms with Gasteiger partial charge in [0.15, 0.2) is 0 Å². The van der Waals surface area contributed by atoms with Gasteiger partial charge in [0.2, 0.25) is 0 Å². The molecule has 1 aromatic carbocycles. The zero-order valence-electron chi connectivity index (χ0n) is 6.39. The third kappa shape index (κ3) is 1.16. The fourth-order valence-corrected chi connectivity index (χ4v) is 1.20. The normalized spacial score (nSPS) is 11.4. The van der Waals surface area contributed by atoms with Crippen molar-refractivity contribution in [2.75, 3.05) is 0 Å². The van der Waals surface area contributed by atoms with E-state index in [0.29, 0.717) is 0 Å². The van der Waals surface area contributed by atoms with E-state index in [4.69, 9.17) is 0 Å². The number of nitrogens with zero attached hydrogens (tertiary/aromatic N) is 1. The van der Waals surface area contributed by atoms with Gasteiger partial charge in [-0.1, -0.05) is 0 Å². The van der Waals surface area contributed by atoms with Gasteiger partial charge in [0, 0.05) is 5.56 Å². The largest absolute Gasteiger partial charge is 0.342 e. The van der Waals surface area contributed by atoms with Crippen LogP contribution in [0.1, 0.15) is 12.0 Å². The van der Waals surface area contributed by atoms with E-state index in [9.17, 15) is 13.2 Å². The molecule has 0 aliphatic rings. The third-order valence-electron chi connectivity index (χ3n) is 1.80. The molecule has 0 radical (unpaired) electrons. The van der Waals surface area contributed by atoms with E-state index in [1.165, 1.54) is 6.33 Å². The van der Waals surface area contributed by atoms with Gasteiger partial charge >= 0.3 is 0 Å². The third-order valence-corrected chi connectivity index (χ3v) is 1.80. The maximum absolute atomic E-state index is 12.9. The smallest absolute Gasteiger partial charge is 0.266 e. The summed E-state index contributed by atoms with van der Waals surface area (Å²) in [6, 6.07) is 2.05. The fourth-order valence-electron chi connectivity index (χ4n) is 1.20. The molecular formula is C8H5F3N2. The van der Waals surface area contributed by atoms with Crippen molar-refractivity contribution in [1.29, 1.82) is 0 Å². The van der Waals surface area contributed by atoms with Crippen LogP contribution in [0.15, 0.2) is 18.5 Å². The number of imidazole rings is 1. The maximum atomic E-state index is 12.9. The van der Waals surface area contributed by atoms with Gasteiger partial charge in [0.05, 0.1) is 6.33 Å². The first kappa shape index (κ1) is 8.10. The number of halogens is 3. The number of rotatable bonds is 1. The molecule has 0 amide bonds. The van der Waals surface area contributed by atoms with E-state index in [-0.39, 0.29) is 16.6 Å². The lowest BCUT2D eigenvalue weighted by atomic mass is 10.2. The first-order valence-corrected chi connectivity index (χ1v) is 3.60. The van der Waals surface area contributed by atoms with Crippen LogP contribution in [0.4, 0.5) is 13.2 Å². The molecule has 68 valence electrons. The zero-order chi connectivity index (χ0) is 9.42. The highest BCUT2D eigenvalue weighted by atomic mass is 19.3. The molecule has 0 bridgehead atoms. The number of hydrogen-bond acceptors (Lipinski definition) is 1. The highest BCUT2D eigenvalue weighted by Gasteiger charge is 2.15. The second-order valence-electron chi connectivity index (χ2n) is 2.56. The SMILES string of the molecule is Fc1ccc(C(F)F)c2nc[nH]c12. The zero-order valence-corrected chi connectivity index (χ0v) is 6.39. The molecule has 0 spiro atoms. The van der Waals surface area contributed by atoms with Crippen LogP contribution in [0.5, 0.6) is 0 Å². The van der Waals surface area contributed by atoms with E-state index in [1.807, 2.05) is 0 Å². The highest BCUT2D eigenvalue weighted by Crippen LogP contribution is 2.26. The van der Waals surface area contributed by atoms with Crippen molar-refractivity contribution in [3.05, 3.63) is 29.8 Å². The molecule has 0 aliphatic heterocycles. The first-order valence-electron chi connectivity index (χ1n) is 3.60. The average Bonchev–Trinajstić information content (AvgIpc) is 2.53. The van der Waals surface area contributed by atoms with E-state index in [0.717, 1.165) is 12.1 Å². The van der Waals surface area contributed by atoms with Gasteiger partial charge in [-0.3, -0.25) is 0 Å². The summed E-state index contributed by atoms with van der Waals surface area (Å²) < 4.78 is 37.6. The molecule has 2 rings (SSSR count). The standard InChI is InChI=1S/C8H5F3N2/c9-5-2-1-4(8(10)11)6-7(5)13-3-12-6/h1-3,8H,(H,12,13). The molecule has 0 fully saturated rings. The van der Waals surface area contributed by atoms with Crippen molar-refractivity contribution in [2.45, 2.75) is 6.43 Å². The van der Waals surface area contributed by atoms with Crippen molar-refractivity contribution in [3.63, 3.8) is 0 Å². The van der Waals surface area contributed by atoms with Gasteiger partial charge in [-0.2, -0.15) is 0 Å². The second-order valence-corrected chi connectivity index (χ2v) is 2.56. The minimum Gasteiger partial charge on any atom is -0.342 e. The second kappa shape index (κ2) is 2.76. The summed E-state index contributed by atoms with van der Waals surface area (Å²) in [5.74, 6) is -0.572. The minimum absolute atomic E-state index is 0.00463. The number of aromatic amines is 1. The lowest BCUT2D eigenvalue weighted by Crippen LogP contribution is -1.88. The molecule has 2 aromatic rings. The van der Waals surface area contributed by atoms with Crippen LogP contribution in [-0.2, 0) is 0 Å². The quantitative estimate of drug-likeness (QED) is 0.728. The van der Waals surface area contributed by atoms with Gasteiger partial charge in [-0.05, 0) is 12.1 Å². The Morgan fingerprint density at radius 2 is 2.08 bits per heavy atom. The molecule has 0 saturated heterocycles. The van der Waals surface area contributed by atoms with E-state index in [1.54, 1.807) is 0 Å². The van der Waals surface area contributed by atoms with Crippen molar-refractivity contribution in [1.82, 2.24) is 9.97 Å².